The Labute approximate surface area is 168 Å². The van der Waals surface area contributed by atoms with Gasteiger partial charge in [-0.25, -0.2) is 9.29 Å². The van der Waals surface area contributed by atoms with Crippen LogP contribution in [0.4, 0.5) is 10.1 Å². The third-order valence-corrected chi connectivity index (χ3v) is 5.35. The quantitative estimate of drug-likeness (QED) is 0.744. The van der Waals surface area contributed by atoms with Crippen LogP contribution >= 0.6 is 0 Å². The van der Waals surface area contributed by atoms with Crippen molar-refractivity contribution >= 4 is 23.1 Å². The number of likely N-dealkylation sites (N-methyl/N-ethyl adjacent to an activating group) is 1. The van der Waals surface area contributed by atoms with E-state index in [0.29, 0.717) is 30.1 Å². The summed E-state index contributed by atoms with van der Waals surface area (Å²) in [5.41, 5.74) is 1.04. The van der Waals surface area contributed by atoms with Crippen LogP contribution < -0.4 is 9.64 Å². The predicted molar refractivity (Wildman–Crippen MR) is 108 cm³/mol. The van der Waals surface area contributed by atoms with Crippen LogP contribution in [0.2, 0.25) is 0 Å². The van der Waals surface area contributed by atoms with E-state index in [1.165, 1.54) is 25.3 Å². The SMILES string of the molecule is COc1ccccc1C1=C(N2CCN(C)CC2)C(=O)N(c2ccccc2F)C1=O. The number of amides is 2. The highest BCUT2D eigenvalue weighted by Crippen LogP contribution is 2.39. The average Bonchev–Trinajstić information content (AvgIpc) is 2.99. The van der Waals surface area contributed by atoms with Gasteiger partial charge in [-0.2, -0.15) is 0 Å². The van der Waals surface area contributed by atoms with Gasteiger partial charge in [0.2, 0.25) is 0 Å². The van der Waals surface area contributed by atoms with Crippen molar-refractivity contribution in [2.45, 2.75) is 0 Å². The Kier molecular flexibility index (Phi) is 5.07. The van der Waals surface area contributed by atoms with E-state index >= 15 is 0 Å². The van der Waals surface area contributed by atoms with Crippen LogP contribution in [0.1, 0.15) is 5.56 Å². The lowest BCUT2D eigenvalue weighted by atomic mass is 10.0. The summed E-state index contributed by atoms with van der Waals surface area (Å²) >= 11 is 0. The van der Waals surface area contributed by atoms with Gasteiger partial charge in [-0.3, -0.25) is 9.59 Å². The number of hydrogen-bond acceptors (Lipinski definition) is 5. The number of benzene rings is 2. The van der Waals surface area contributed by atoms with Crippen LogP contribution in [0.15, 0.2) is 54.2 Å². The van der Waals surface area contributed by atoms with E-state index in [0.717, 1.165) is 18.0 Å². The summed E-state index contributed by atoms with van der Waals surface area (Å²) < 4.78 is 19.9. The fraction of sp³-hybridized carbons (Fsp3) is 0.273. The van der Waals surface area contributed by atoms with Gasteiger partial charge in [0.15, 0.2) is 0 Å². The first-order valence-corrected chi connectivity index (χ1v) is 9.47. The fourth-order valence-corrected chi connectivity index (χ4v) is 3.79. The largest absolute Gasteiger partial charge is 0.496 e. The summed E-state index contributed by atoms with van der Waals surface area (Å²) in [6.07, 6.45) is 0. The van der Waals surface area contributed by atoms with E-state index in [1.54, 1.807) is 30.3 Å². The van der Waals surface area contributed by atoms with Crippen molar-refractivity contribution in [3.05, 3.63) is 65.6 Å². The molecule has 0 saturated carbocycles. The number of piperazine rings is 1. The summed E-state index contributed by atoms with van der Waals surface area (Å²) in [5.74, 6) is -1.18. The average molecular weight is 395 g/mol. The number of para-hydroxylation sites is 2. The maximum absolute atomic E-state index is 14.5. The maximum atomic E-state index is 14.5. The zero-order chi connectivity index (χ0) is 20.5. The number of hydrogen-bond donors (Lipinski definition) is 0. The second kappa shape index (κ2) is 7.67. The molecule has 150 valence electrons. The molecule has 2 aromatic carbocycles. The lowest BCUT2D eigenvalue weighted by molar-refractivity contribution is -0.120. The molecule has 0 bridgehead atoms. The van der Waals surface area contributed by atoms with E-state index in [2.05, 4.69) is 4.90 Å². The molecule has 0 spiro atoms. The molecule has 0 radical (unpaired) electrons. The van der Waals surface area contributed by atoms with Gasteiger partial charge in [0, 0.05) is 31.7 Å². The van der Waals surface area contributed by atoms with Gasteiger partial charge < -0.3 is 14.5 Å². The molecular weight excluding hydrogens is 373 g/mol. The van der Waals surface area contributed by atoms with Crippen molar-refractivity contribution in [3.63, 3.8) is 0 Å². The number of rotatable bonds is 4. The Hall–Kier alpha value is -3.19. The topological polar surface area (TPSA) is 53.1 Å². The summed E-state index contributed by atoms with van der Waals surface area (Å²) in [5, 5.41) is 0. The first-order chi connectivity index (χ1) is 14.0. The smallest absolute Gasteiger partial charge is 0.282 e. The third-order valence-electron chi connectivity index (χ3n) is 5.35. The van der Waals surface area contributed by atoms with Crippen LogP contribution in [0.3, 0.4) is 0 Å². The molecule has 2 aromatic rings. The molecule has 1 saturated heterocycles. The molecule has 2 heterocycles. The summed E-state index contributed by atoms with van der Waals surface area (Å²) in [7, 11) is 3.53. The standard InChI is InChI=1S/C22H22FN3O3/c1-24-11-13-25(14-12-24)20-19(15-7-3-6-10-18(15)29-2)21(27)26(22(20)28)17-9-5-4-8-16(17)23/h3-10H,11-14H2,1-2H3. The van der Waals surface area contributed by atoms with Crippen molar-refractivity contribution in [1.82, 2.24) is 9.80 Å². The molecule has 0 atom stereocenters. The van der Waals surface area contributed by atoms with Gasteiger partial charge in [-0.15, -0.1) is 0 Å². The molecule has 6 nitrogen and oxygen atoms in total. The van der Waals surface area contributed by atoms with E-state index in [-0.39, 0.29) is 11.3 Å². The van der Waals surface area contributed by atoms with Gasteiger partial charge in [0.25, 0.3) is 11.8 Å². The molecule has 0 N–H and O–H groups in total. The van der Waals surface area contributed by atoms with Crippen molar-refractivity contribution in [2.24, 2.45) is 0 Å². The first-order valence-electron chi connectivity index (χ1n) is 9.47. The second-order valence-electron chi connectivity index (χ2n) is 7.11. The number of methoxy groups -OCH3 is 1. The van der Waals surface area contributed by atoms with Crippen LogP contribution in [-0.4, -0.2) is 62.0 Å². The van der Waals surface area contributed by atoms with Crippen molar-refractivity contribution in [1.29, 1.82) is 0 Å². The number of nitrogens with zero attached hydrogens (tertiary/aromatic N) is 3. The zero-order valence-electron chi connectivity index (χ0n) is 16.4. The summed E-state index contributed by atoms with van der Waals surface area (Å²) in [6.45, 7) is 2.75. The Bertz CT molecular complexity index is 996. The zero-order valence-corrected chi connectivity index (χ0v) is 16.4. The highest BCUT2D eigenvalue weighted by Gasteiger charge is 2.44. The Morgan fingerprint density at radius 1 is 0.897 bits per heavy atom. The molecule has 4 rings (SSSR count). The monoisotopic (exact) mass is 395 g/mol. The molecular formula is C22H22FN3O3. The minimum Gasteiger partial charge on any atom is -0.496 e. The van der Waals surface area contributed by atoms with Crippen molar-refractivity contribution in [3.8, 4) is 5.75 Å². The van der Waals surface area contributed by atoms with Crippen molar-refractivity contribution in [2.75, 3.05) is 45.2 Å². The Balaban J connectivity index is 1.87. The third kappa shape index (κ3) is 3.27. The first kappa shape index (κ1) is 19.1. The Morgan fingerprint density at radius 2 is 1.55 bits per heavy atom. The van der Waals surface area contributed by atoms with Gasteiger partial charge >= 0.3 is 0 Å². The number of ether oxygens (including phenoxy) is 1. The minimum atomic E-state index is -0.617. The molecule has 1 fully saturated rings. The molecule has 2 amide bonds. The van der Waals surface area contributed by atoms with Crippen LogP contribution in [0.5, 0.6) is 5.75 Å². The molecule has 2 aliphatic heterocycles. The summed E-state index contributed by atoms with van der Waals surface area (Å²) in [6, 6.07) is 12.9. The van der Waals surface area contributed by atoms with Gasteiger partial charge in [-0.1, -0.05) is 30.3 Å². The number of halogens is 1. The van der Waals surface area contributed by atoms with E-state index < -0.39 is 17.6 Å². The number of imide groups is 1. The number of anilines is 1. The molecule has 0 aromatic heterocycles. The highest BCUT2D eigenvalue weighted by atomic mass is 19.1. The summed E-state index contributed by atoms with van der Waals surface area (Å²) in [4.78, 5) is 31.9. The van der Waals surface area contributed by atoms with Crippen LogP contribution in [0.25, 0.3) is 5.57 Å². The normalized spacial score (nSPS) is 18.0. The van der Waals surface area contributed by atoms with Gasteiger partial charge in [0.05, 0.1) is 18.4 Å². The lowest BCUT2D eigenvalue weighted by Gasteiger charge is -2.34. The molecule has 0 unspecified atom stereocenters. The highest BCUT2D eigenvalue weighted by molar-refractivity contribution is 6.45. The van der Waals surface area contributed by atoms with Crippen molar-refractivity contribution < 1.29 is 18.7 Å². The van der Waals surface area contributed by atoms with Crippen LogP contribution in [0, 0.1) is 5.82 Å². The predicted octanol–water partition coefficient (Wildman–Crippen LogP) is 2.37. The maximum Gasteiger partial charge on any atom is 0.282 e. The Morgan fingerprint density at radius 3 is 2.24 bits per heavy atom. The van der Waals surface area contributed by atoms with E-state index in [4.69, 9.17) is 4.74 Å². The van der Waals surface area contributed by atoms with Crippen LogP contribution in [-0.2, 0) is 9.59 Å². The lowest BCUT2D eigenvalue weighted by Crippen LogP contribution is -2.46. The van der Waals surface area contributed by atoms with E-state index in [1.807, 2.05) is 11.9 Å². The second-order valence-corrected chi connectivity index (χ2v) is 7.11. The van der Waals surface area contributed by atoms with Gasteiger partial charge in [-0.05, 0) is 25.2 Å². The number of carbonyl (C=O) groups is 2. The number of carbonyl (C=O) groups excluding carboxylic acids is 2. The molecule has 7 heteroatoms. The van der Waals surface area contributed by atoms with Gasteiger partial charge in [0.1, 0.15) is 17.3 Å². The molecule has 0 aliphatic carbocycles. The minimum absolute atomic E-state index is 0.0426. The molecule has 29 heavy (non-hydrogen) atoms. The fourth-order valence-electron chi connectivity index (χ4n) is 3.79. The van der Waals surface area contributed by atoms with E-state index in [9.17, 15) is 14.0 Å². The molecule has 2 aliphatic rings.